The Balaban J connectivity index is 2.44. The lowest BCUT2D eigenvalue weighted by molar-refractivity contribution is -0.123. The molecule has 0 aliphatic carbocycles. The van der Waals surface area contributed by atoms with Crippen molar-refractivity contribution in [1.29, 1.82) is 0 Å². The van der Waals surface area contributed by atoms with Crippen molar-refractivity contribution in [3.05, 3.63) is 29.3 Å². The van der Waals surface area contributed by atoms with Gasteiger partial charge in [0.05, 0.1) is 13.7 Å². The van der Waals surface area contributed by atoms with Crippen molar-refractivity contribution < 1.29 is 19.1 Å². The molecule has 0 unspecified atom stereocenters. The molecule has 0 saturated carbocycles. The highest BCUT2D eigenvalue weighted by Gasteiger charge is 2.26. The predicted molar refractivity (Wildman–Crippen MR) is 81.0 cm³/mol. The smallest absolute Gasteiger partial charge is 0.263 e. The highest BCUT2D eigenvalue weighted by molar-refractivity contribution is 7.80. The monoisotopic (exact) mass is 306 g/mol. The topological polar surface area (TPSA) is 76.7 Å². The standard InChI is InChI=1S/C14H14N2O4S/c1-3-20-10-6-4-5-8(11(10)19-2)7-9-12(17)15-14(21)16-13(9)18/h4-7H,3H2,1-2H3,(H2,15,16,17,18,21). The molecule has 1 aliphatic heterocycles. The summed E-state index contributed by atoms with van der Waals surface area (Å²) in [5, 5.41) is 4.75. The van der Waals surface area contributed by atoms with Crippen LogP contribution >= 0.6 is 12.2 Å². The van der Waals surface area contributed by atoms with Gasteiger partial charge in [0.1, 0.15) is 5.57 Å². The van der Waals surface area contributed by atoms with Gasteiger partial charge in [0.25, 0.3) is 11.8 Å². The lowest BCUT2D eigenvalue weighted by Gasteiger charge is -2.17. The zero-order chi connectivity index (χ0) is 15.4. The molecule has 1 fully saturated rings. The van der Waals surface area contributed by atoms with Crippen LogP contribution < -0.4 is 20.1 Å². The molecule has 21 heavy (non-hydrogen) atoms. The van der Waals surface area contributed by atoms with E-state index in [0.29, 0.717) is 23.7 Å². The molecule has 7 heteroatoms. The Kier molecular flexibility index (Phi) is 4.54. The van der Waals surface area contributed by atoms with Gasteiger partial charge in [-0.05, 0) is 31.3 Å². The van der Waals surface area contributed by atoms with E-state index in [1.807, 2.05) is 6.92 Å². The second kappa shape index (κ2) is 6.36. The van der Waals surface area contributed by atoms with Crippen LogP contribution in [-0.2, 0) is 9.59 Å². The molecule has 0 spiro atoms. The Hall–Kier alpha value is -2.41. The summed E-state index contributed by atoms with van der Waals surface area (Å²) in [6.07, 6.45) is 1.44. The van der Waals surface area contributed by atoms with Gasteiger partial charge < -0.3 is 9.47 Å². The predicted octanol–water partition coefficient (Wildman–Crippen LogP) is 1.01. The van der Waals surface area contributed by atoms with E-state index in [4.69, 9.17) is 21.7 Å². The summed E-state index contributed by atoms with van der Waals surface area (Å²) in [5.74, 6) is -0.0951. The van der Waals surface area contributed by atoms with Crippen molar-refractivity contribution in [3.8, 4) is 11.5 Å². The SMILES string of the molecule is CCOc1cccc(C=C2C(=O)NC(=S)NC2=O)c1OC. The summed E-state index contributed by atoms with van der Waals surface area (Å²) < 4.78 is 10.8. The van der Waals surface area contributed by atoms with E-state index < -0.39 is 11.8 Å². The van der Waals surface area contributed by atoms with Crippen LogP contribution in [0.4, 0.5) is 0 Å². The number of ether oxygens (including phenoxy) is 2. The minimum Gasteiger partial charge on any atom is -0.492 e. The lowest BCUT2D eigenvalue weighted by Crippen LogP contribution is -2.51. The van der Waals surface area contributed by atoms with Crippen molar-refractivity contribution in [2.24, 2.45) is 0 Å². The van der Waals surface area contributed by atoms with Crippen molar-refractivity contribution in [3.63, 3.8) is 0 Å². The van der Waals surface area contributed by atoms with Crippen LogP contribution in [0.25, 0.3) is 6.08 Å². The van der Waals surface area contributed by atoms with Gasteiger partial charge in [-0.15, -0.1) is 0 Å². The molecule has 1 saturated heterocycles. The molecule has 2 amide bonds. The normalized spacial score (nSPS) is 14.4. The third kappa shape index (κ3) is 3.19. The van der Waals surface area contributed by atoms with Crippen LogP contribution in [0.1, 0.15) is 12.5 Å². The molecular formula is C14H14N2O4S. The number of methoxy groups -OCH3 is 1. The third-order valence-corrected chi connectivity index (χ3v) is 2.96. The van der Waals surface area contributed by atoms with Crippen molar-refractivity contribution in [2.75, 3.05) is 13.7 Å². The Labute approximate surface area is 127 Å². The highest BCUT2D eigenvalue weighted by Crippen LogP contribution is 2.32. The van der Waals surface area contributed by atoms with Gasteiger partial charge in [0.15, 0.2) is 16.6 Å². The van der Waals surface area contributed by atoms with Crippen LogP contribution in [0.5, 0.6) is 11.5 Å². The zero-order valence-electron chi connectivity index (χ0n) is 11.6. The van der Waals surface area contributed by atoms with E-state index >= 15 is 0 Å². The maximum Gasteiger partial charge on any atom is 0.263 e. The van der Waals surface area contributed by atoms with Gasteiger partial charge in [0.2, 0.25) is 0 Å². The van der Waals surface area contributed by atoms with Gasteiger partial charge in [-0.1, -0.05) is 12.1 Å². The summed E-state index contributed by atoms with van der Waals surface area (Å²) in [5.41, 5.74) is 0.520. The molecule has 1 heterocycles. The Morgan fingerprint density at radius 2 is 1.90 bits per heavy atom. The molecule has 0 bridgehead atoms. The fourth-order valence-electron chi connectivity index (χ4n) is 1.90. The average molecular weight is 306 g/mol. The van der Waals surface area contributed by atoms with Crippen molar-refractivity contribution in [2.45, 2.75) is 6.92 Å². The number of amides is 2. The fourth-order valence-corrected chi connectivity index (χ4v) is 2.08. The number of para-hydroxylation sites is 1. The molecule has 6 nitrogen and oxygen atoms in total. The highest BCUT2D eigenvalue weighted by atomic mass is 32.1. The second-order valence-electron chi connectivity index (χ2n) is 4.11. The molecule has 1 aliphatic rings. The number of carbonyl (C=O) groups excluding carboxylic acids is 2. The molecule has 0 radical (unpaired) electrons. The quantitative estimate of drug-likeness (QED) is 0.493. The third-order valence-electron chi connectivity index (χ3n) is 2.76. The number of nitrogens with one attached hydrogen (secondary N) is 2. The first-order chi connectivity index (χ1) is 10.1. The van der Waals surface area contributed by atoms with E-state index in [1.54, 1.807) is 18.2 Å². The summed E-state index contributed by atoms with van der Waals surface area (Å²) >= 11 is 4.75. The van der Waals surface area contributed by atoms with Gasteiger partial charge in [-0.25, -0.2) is 0 Å². The summed E-state index contributed by atoms with van der Waals surface area (Å²) in [4.78, 5) is 23.7. The maximum atomic E-state index is 11.8. The number of rotatable bonds is 4. The molecule has 2 N–H and O–H groups in total. The molecule has 2 rings (SSSR count). The minimum atomic E-state index is -0.549. The number of thiocarbonyl (C=S) groups is 1. The second-order valence-corrected chi connectivity index (χ2v) is 4.52. The van der Waals surface area contributed by atoms with Gasteiger partial charge >= 0.3 is 0 Å². The van der Waals surface area contributed by atoms with Crippen LogP contribution in [-0.4, -0.2) is 30.6 Å². The minimum absolute atomic E-state index is 0.00261. The Bertz CT molecular complexity index is 618. The van der Waals surface area contributed by atoms with Crippen LogP contribution in [0.15, 0.2) is 23.8 Å². The van der Waals surface area contributed by atoms with Crippen molar-refractivity contribution in [1.82, 2.24) is 10.6 Å². The fraction of sp³-hybridized carbons (Fsp3) is 0.214. The molecule has 0 atom stereocenters. The number of hydrogen-bond acceptors (Lipinski definition) is 5. The maximum absolute atomic E-state index is 11.8. The van der Waals surface area contributed by atoms with Gasteiger partial charge in [-0.2, -0.15) is 0 Å². The van der Waals surface area contributed by atoms with E-state index in [9.17, 15) is 9.59 Å². The van der Waals surface area contributed by atoms with Gasteiger partial charge in [-0.3, -0.25) is 20.2 Å². The molecule has 110 valence electrons. The van der Waals surface area contributed by atoms with Crippen LogP contribution in [0.2, 0.25) is 0 Å². The van der Waals surface area contributed by atoms with E-state index in [0.717, 1.165) is 0 Å². The van der Waals surface area contributed by atoms with Crippen LogP contribution in [0, 0.1) is 0 Å². The zero-order valence-corrected chi connectivity index (χ0v) is 12.4. The number of hydrogen-bond donors (Lipinski definition) is 2. The Morgan fingerprint density at radius 3 is 2.48 bits per heavy atom. The molecule has 0 aromatic heterocycles. The van der Waals surface area contributed by atoms with E-state index in [-0.39, 0.29) is 10.7 Å². The molecule has 1 aromatic rings. The van der Waals surface area contributed by atoms with E-state index in [1.165, 1.54) is 13.2 Å². The number of benzene rings is 1. The summed E-state index contributed by atoms with van der Waals surface area (Å²) in [6.45, 7) is 2.33. The molecule has 1 aromatic carbocycles. The first kappa shape index (κ1) is 15.0. The largest absolute Gasteiger partial charge is 0.492 e. The van der Waals surface area contributed by atoms with E-state index in [2.05, 4.69) is 10.6 Å². The summed E-state index contributed by atoms with van der Waals surface area (Å²) in [6, 6.07) is 5.23. The van der Waals surface area contributed by atoms with Gasteiger partial charge in [0, 0.05) is 5.56 Å². The first-order valence-electron chi connectivity index (χ1n) is 6.25. The average Bonchev–Trinajstić information content (AvgIpc) is 2.43. The Morgan fingerprint density at radius 1 is 1.24 bits per heavy atom. The van der Waals surface area contributed by atoms with Crippen molar-refractivity contribution >= 4 is 35.2 Å². The lowest BCUT2D eigenvalue weighted by atomic mass is 10.1. The number of carbonyl (C=O) groups is 2. The summed E-state index contributed by atoms with van der Waals surface area (Å²) in [7, 11) is 1.50. The molecular weight excluding hydrogens is 292 g/mol. The first-order valence-corrected chi connectivity index (χ1v) is 6.65. The van der Waals surface area contributed by atoms with Crippen LogP contribution in [0.3, 0.4) is 0 Å².